The Labute approximate surface area is 101 Å². The van der Waals surface area contributed by atoms with E-state index in [0.29, 0.717) is 11.6 Å². The lowest BCUT2D eigenvalue weighted by atomic mass is 9.94. The molecule has 0 aromatic heterocycles. The Bertz CT molecular complexity index is 381. The minimum absolute atomic E-state index is 0.245. The number of primary amides is 1. The number of hydrogen-bond donors (Lipinski definition) is 2. The molecule has 92 valence electrons. The summed E-state index contributed by atoms with van der Waals surface area (Å²) in [5, 5.41) is 0. The van der Waals surface area contributed by atoms with Gasteiger partial charge in [0, 0.05) is 11.6 Å². The monoisotopic (exact) mass is 234 g/mol. The lowest BCUT2D eigenvalue weighted by Gasteiger charge is -2.26. The number of benzene rings is 1. The van der Waals surface area contributed by atoms with E-state index in [9.17, 15) is 4.79 Å². The van der Waals surface area contributed by atoms with Crippen LogP contribution in [0.5, 0.6) is 5.75 Å². The molecule has 0 unspecified atom stereocenters. The SMILES string of the molecule is NC(=O)c1ccc(OC2CCC(N)CC2)cc1. The van der Waals surface area contributed by atoms with Crippen molar-refractivity contribution in [2.45, 2.75) is 37.8 Å². The van der Waals surface area contributed by atoms with E-state index in [0.717, 1.165) is 31.4 Å². The molecule has 1 saturated carbocycles. The maximum Gasteiger partial charge on any atom is 0.248 e. The van der Waals surface area contributed by atoms with Gasteiger partial charge in [0.25, 0.3) is 0 Å². The van der Waals surface area contributed by atoms with Crippen LogP contribution in [0.1, 0.15) is 36.0 Å². The molecule has 1 aliphatic rings. The van der Waals surface area contributed by atoms with E-state index < -0.39 is 5.91 Å². The van der Waals surface area contributed by atoms with Crippen LogP contribution in [0.15, 0.2) is 24.3 Å². The van der Waals surface area contributed by atoms with Crippen LogP contribution < -0.4 is 16.2 Å². The number of amides is 1. The average Bonchev–Trinajstić information content (AvgIpc) is 2.33. The molecule has 0 spiro atoms. The third-order valence-electron chi connectivity index (χ3n) is 3.16. The van der Waals surface area contributed by atoms with Gasteiger partial charge in [-0.25, -0.2) is 0 Å². The highest BCUT2D eigenvalue weighted by Crippen LogP contribution is 2.23. The zero-order valence-corrected chi connectivity index (χ0v) is 9.76. The van der Waals surface area contributed by atoms with E-state index in [-0.39, 0.29) is 6.10 Å². The molecule has 1 amide bonds. The van der Waals surface area contributed by atoms with Gasteiger partial charge in [-0.2, -0.15) is 0 Å². The normalized spacial score (nSPS) is 24.3. The summed E-state index contributed by atoms with van der Waals surface area (Å²) in [6.45, 7) is 0. The molecule has 4 nitrogen and oxygen atoms in total. The van der Waals surface area contributed by atoms with E-state index in [2.05, 4.69) is 0 Å². The van der Waals surface area contributed by atoms with Crippen LogP contribution in [-0.4, -0.2) is 18.1 Å². The Morgan fingerprint density at radius 3 is 2.24 bits per heavy atom. The fourth-order valence-electron chi connectivity index (χ4n) is 2.10. The van der Waals surface area contributed by atoms with E-state index in [1.165, 1.54) is 0 Å². The van der Waals surface area contributed by atoms with E-state index in [1.54, 1.807) is 24.3 Å². The lowest BCUT2D eigenvalue weighted by Crippen LogP contribution is -2.31. The van der Waals surface area contributed by atoms with Gasteiger partial charge in [-0.15, -0.1) is 0 Å². The second-order valence-corrected chi connectivity index (χ2v) is 4.54. The number of carbonyl (C=O) groups is 1. The molecule has 0 atom stereocenters. The van der Waals surface area contributed by atoms with Crippen LogP contribution in [0.2, 0.25) is 0 Å². The second kappa shape index (κ2) is 5.19. The van der Waals surface area contributed by atoms with Crippen molar-refractivity contribution in [2.24, 2.45) is 11.5 Å². The van der Waals surface area contributed by atoms with Crippen LogP contribution in [0.3, 0.4) is 0 Å². The maximum absolute atomic E-state index is 10.9. The molecule has 0 bridgehead atoms. The first-order valence-electron chi connectivity index (χ1n) is 5.97. The number of nitrogens with two attached hydrogens (primary N) is 2. The molecule has 4 heteroatoms. The lowest BCUT2D eigenvalue weighted by molar-refractivity contribution is 0.1000. The molecule has 1 aromatic rings. The van der Waals surface area contributed by atoms with Crippen LogP contribution >= 0.6 is 0 Å². The molecule has 1 fully saturated rings. The third-order valence-corrected chi connectivity index (χ3v) is 3.16. The van der Waals surface area contributed by atoms with Gasteiger partial charge in [0.2, 0.25) is 5.91 Å². The zero-order valence-electron chi connectivity index (χ0n) is 9.76. The van der Waals surface area contributed by atoms with Crippen molar-refractivity contribution in [3.63, 3.8) is 0 Å². The highest BCUT2D eigenvalue weighted by molar-refractivity contribution is 5.92. The van der Waals surface area contributed by atoms with Gasteiger partial charge in [-0.3, -0.25) is 4.79 Å². The zero-order chi connectivity index (χ0) is 12.3. The van der Waals surface area contributed by atoms with Crippen molar-refractivity contribution in [3.8, 4) is 5.75 Å². The standard InChI is InChI=1S/C13H18N2O2/c14-10-3-7-12(8-4-10)17-11-5-1-9(2-6-11)13(15)16/h1-2,5-6,10,12H,3-4,7-8,14H2,(H2,15,16). The van der Waals surface area contributed by atoms with Crippen LogP contribution in [-0.2, 0) is 0 Å². The first-order chi connectivity index (χ1) is 8.15. The van der Waals surface area contributed by atoms with Crippen molar-refractivity contribution in [3.05, 3.63) is 29.8 Å². The molecular formula is C13H18N2O2. The van der Waals surface area contributed by atoms with Crippen molar-refractivity contribution in [1.29, 1.82) is 0 Å². The first-order valence-corrected chi connectivity index (χ1v) is 5.97. The quantitative estimate of drug-likeness (QED) is 0.830. The van der Waals surface area contributed by atoms with E-state index in [4.69, 9.17) is 16.2 Å². The molecule has 0 saturated heterocycles. The molecule has 0 heterocycles. The van der Waals surface area contributed by atoms with Gasteiger partial charge in [-0.05, 0) is 49.9 Å². The van der Waals surface area contributed by atoms with Gasteiger partial charge in [-0.1, -0.05) is 0 Å². The number of ether oxygens (including phenoxy) is 1. The Kier molecular flexibility index (Phi) is 3.64. The predicted molar refractivity (Wildman–Crippen MR) is 65.8 cm³/mol. The summed E-state index contributed by atoms with van der Waals surface area (Å²) < 4.78 is 5.83. The van der Waals surface area contributed by atoms with Crippen molar-refractivity contribution in [1.82, 2.24) is 0 Å². The van der Waals surface area contributed by atoms with Gasteiger partial charge in [0.1, 0.15) is 5.75 Å². The molecular weight excluding hydrogens is 216 g/mol. The highest BCUT2D eigenvalue weighted by atomic mass is 16.5. The van der Waals surface area contributed by atoms with Gasteiger partial charge in [0.15, 0.2) is 0 Å². The van der Waals surface area contributed by atoms with E-state index >= 15 is 0 Å². The van der Waals surface area contributed by atoms with Crippen molar-refractivity contribution < 1.29 is 9.53 Å². The Morgan fingerprint density at radius 2 is 1.71 bits per heavy atom. The fraction of sp³-hybridized carbons (Fsp3) is 0.462. The highest BCUT2D eigenvalue weighted by Gasteiger charge is 2.19. The number of rotatable bonds is 3. The first kappa shape index (κ1) is 11.9. The summed E-state index contributed by atoms with van der Waals surface area (Å²) >= 11 is 0. The van der Waals surface area contributed by atoms with Crippen LogP contribution in [0, 0.1) is 0 Å². The molecule has 4 N–H and O–H groups in total. The van der Waals surface area contributed by atoms with Crippen molar-refractivity contribution >= 4 is 5.91 Å². The largest absolute Gasteiger partial charge is 0.490 e. The van der Waals surface area contributed by atoms with Crippen LogP contribution in [0.4, 0.5) is 0 Å². The molecule has 0 aliphatic heterocycles. The summed E-state index contributed by atoms with van der Waals surface area (Å²) in [5.41, 5.74) is 11.5. The Balaban J connectivity index is 1.92. The minimum Gasteiger partial charge on any atom is -0.490 e. The summed E-state index contributed by atoms with van der Waals surface area (Å²) in [4.78, 5) is 10.9. The second-order valence-electron chi connectivity index (χ2n) is 4.54. The topological polar surface area (TPSA) is 78.3 Å². The molecule has 1 aliphatic carbocycles. The molecule has 2 rings (SSSR count). The Morgan fingerprint density at radius 1 is 1.12 bits per heavy atom. The average molecular weight is 234 g/mol. The van der Waals surface area contributed by atoms with E-state index in [1.807, 2.05) is 0 Å². The van der Waals surface area contributed by atoms with Crippen LogP contribution in [0.25, 0.3) is 0 Å². The number of hydrogen-bond acceptors (Lipinski definition) is 3. The molecule has 1 aromatic carbocycles. The predicted octanol–water partition coefficient (Wildman–Crippen LogP) is 1.43. The number of carbonyl (C=O) groups excluding carboxylic acids is 1. The minimum atomic E-state index is -0.416. The summed E-state index contributed by atoms with van der Waals surface area (Å²) in [6, 6.07) is 7.27. The third kappa shape index (κ3) is 3.20. The van der Waals surface area contributed by atoms with Gasteiger partial charge in [0.05, 0.1) is 6.10 Å². The summed E-state index contributed by atoms with van der Waals surface area (Å²) in [7, 11) is 0. The Hall–Kier alpha value is -1.55. The van der Waals surface area contributed by atoms with Gasteiger partial charge >= 0.3 is 0 Å². The summed E-state index contributed by atoms with van der Waals surface area (Å²) in [5.74, 6) is 0.371. The fourth-order valence-corrected chi connectivity index (χ4v) is 2.10. The summed E-state index contributed by atoms with van der Waals surface area (Å²) in [6.07, 6.45) is 4.28. The van der Waals surface area contributed by atoms with Gasteiger partial charge < -0.3 is 16.2 Å². The molecule has 17 heavy (non-hydrogen) atoms. The van der Waals surface area contributed by atoms with Crippen molar-refractivity contribution in [2.75, 3.05) is 0 Å². The molecule has 0 radical (unpaired) electrons. The maximum atomic E-state index is 10.9. The smallest absolute Gasteiger partial charge is 0.248 e.